The summed E-state index contributed by atoms with van der Waals surface area (Å²) in [6.45, 7) is 6.29. The van der Waals surface area contributed by atoms with Gasteiger partial charge in [0.25, 0.3) is 0 Å². The maximum Gasteiger partial charge on any atom is 0.0372 e. The molecule has 17 heavy (non-hydrogen) atoms. The molecule has 1 aromatic carbocycles. The van der Waals surface area contributed by atoms with Gasteiger partial charge in [-0.05, 0) is 43.4 Å². The van der Waals surface area contributed by atoms with Crippen molar-refractivity contribution in [3.05, 3.63) is 42.0 Å². The van der Waals surface area contributed by atoms with Crippen molar-refractivity contribution in [3.63, 3.8) is 0 Å². The van der Waals surface area contributed by atoms with E-state index in [0.29, 0.717) is 0 Å². The van der Waals surface area contributed by atoms with E-state index in [1.165, 1.54) is 36.7 Å². The summed E-state index contributed by atoms with van der Waals surface area (Å²) in [6.07, 6.45) is 6.17. The van der Waals surface area contributed by atoms with Crippen LogP contribution in [0, 0.1) is 5.41 Å². The lowest BCUT2D eigenvalue weighted by molar-refractivity contribution is 0.634. The van der Waals surface area contributed by atoms with Crippen LogP contribution in [0.3, 0.4) is 0 Å². The number of rotatable bonds is 2. The molecule has 0 amide bonds. The van der Waals surface area contributed by atoms with Crippen molar-refractivity contribution in [2.24, 2.45) is 0 Å². The first-order valence-corrected chi connectivity index (χ1v) is 6.32. The predicted octanol–water partition coefficient (Wildman–Crippen LogP) is 3.62. The van der Waals surface area contributed by atoms with Crippen molar-refractivity contribution < 1.29 is 0 Å². The van der Waals surface area contributed by atoms with E-state index in [9.17, 15) is 0 Å². The van der Waals surface area contributed by atoms with Crippen LogP contribution in [0.1, 0.15) is 31.2 Å². The molecule has 0 unspecified atom stereocenters. The average molecular weight is 228 g/mol. The zero-order chi connectivity index (χ0) is 12.1. The maximum absolute atomic E-state index is 7.31. The van der Waals surface area contributed by atoms with Gasteiger partial charge in [0.1, 0.15) is 0 Å². The molecule has 90 valence electrons. The molecule has 1 saturated heterocycles. The minimum Gasteiger partial charge on any atom is -0.371 e. The number of benzene rings is 1. The number of hydrogen-bond donors (Lipinski definition) is 1. The largest absolute Gasteiger partial charge is 0.371 e. The van der Waals surface area contributed by atoms with Gasteiger partial charge in [0.2, 0.25) is 0 Å². The van der Waals surface area contributed by atoms with Crippen molar-refractivity contribution in [3.8, 4) is 0 Å². The Labute approximate surface area is 103 Å². The summed E-state index contributed by atoms with van der Waals surface area (Å²) >= 11 is 0. The van der Waals surface area contributed by atoms with E-state index in [1.807, 2.05) is 12.1 Å². The van der Waals surface area contributed by atoms with Gasteiger partial charge in [-0.15, -0.1) is 0 Å². The van der Waals surface area contributed by atoms with Crippen molar-refractivity contribution >= 4 is 11.9 Å². The molecule has 1 fully saturated rings. The van der Waals surface area contributed by atoms with E-state index >= 15 is 0 Å². The van der Waals surface area contributed by atoms with Crippen LogP contribution in [0.15, 0.2) is 36.4 Å². The topological polar surface area (TPSA) is 27.1 Å². The van der Waals surface area contributed by atoms with Gasteiger partial charge in [-0.3, -0.25) is 0 Å². The number of hydrogen-bond acceptors (Lipinski definition) is 2. The van der Waals surface area contributed by atoms with Crippen molar-refractivity contribution in [1.82, 2.24) is 0 Å². The van der Waals surface area contributed by atoms with Crippen LogP contribution in [0.25, 0.3) is 0 Å². The Morgan fingerprint density at radius 3 is 2.88 bits per heavy atom. The Morgan fingerprint density at radius 2 is 2.06 bits per heavy atom. The van der Waals surface area contributed by atoms with Crippen LogP contribution in [0.5, 0.6) is 0 Å². The zero-order valence-electron chi connectivity index (χ0n) is 10.3. The minimum atomic E-state index is 0.975. The Morgan fingerprint density at radius 1 is 1.18 bits per heavy atom. The molecule has 0 radical (unpaired) electrons. The van der Waals surface area contributed by atoms with Gasteiger partial charge in [0.15, 0.2) is 0 Å². The summed E-state index contributed by atoms with van der Waals surface area (Å²) in [7, 11) is 0. The van der Waals surface area contributed by atoms with Crippen LogP contribution in [-0.2, 0) is 0 Å². The molecular weight excluding hydrogens is 208 g/mol. The first kappa shape index (κ1) is 11.9. The summed E-state index contributed by atoms with van der Waals surface area (Å²) < 4.78 is 0. The van der Waals surface area contributed by atoms with Crippen LogP contribution < -0.4 is 4.90 Å². The first-order chi connectivity index (χ1) is 8.29. The molecule has 1 N–H and O–H groups in total. The van der Waals surface area contributed by atoms with Gasteiger partial charge >= 0.3 is 0 Å². The summed E-state index contributed by atoms with van der Waals surface area (Å²) in [4.78, 5) is 2.41. The second kappa shape index (κ2) is 5.67. The normalized spacial score (nSPS) is 17.4. The summed E-state index contributed by atoms with van der Waals surface area (Å²) in [5, 5.41) is 7.31. The Hall–Kier alpha value is -1.57. The van der Waals surface area contributed by atoms with Crippen LogP contribution in [0.2, 0.25) is 0 Å². The third kappa shape index (κ3) is 3.19. The Balaban J connectivity index is 2.12. The van der Waals surface area contributed by atoms with Crippen LogP contribution >= 0.6 is 0 Å². The van der Waals surface area contributed by atoms with E-state index in [1.54, 1.807) is 0 Å². The Kier molecular flexibility index (Phi) is 3.97. The van der Waals surface area contributed by atoms with Gasteiger partial charge in [0, 0.05) is 25.0 Å². The maximum atomic E-state index is 7.31. The highest BCUT2D eigenvalue weighted by Gasteiger charge is 2.10. The van der Waals surface area contributed by atoms with E-state index in [4.69, 9.17) is 5.41 Å². The van der Waals surface area contributed by atoms with E-state index in [-0.39, 0.29) is 0 Å². The Bertz CT molecular complexity index is 409. The SMILES string of the molecule is C=C1CCCCN(c2cccc(C=N)c2)CC1. The van der Waals surface area contributed by atoms with E-state index in [2.05, 4.69) is 23.6 Å². The highest BCUT2D eigenvalue weighted by atomic mass is 15.1. The molecule has 1 aliphatic rings. The molecule has 0 bridgehead atoms. The van der Waals surface area contributed by atoms with Gasteiger partial charge in [0.05, 0.1) is 0 Å². The lowest BCUT2D eigenvalue weighted by Gasteiger charge is -2.27. The summed E-state index contributed by atoms with van der Waals surface area (Å²) in [5.41, 5.74) is 3.59. The summed E-state index contributed by atoms with van der Waals surface area (Å²) in [5.74, 6) is 0. The van der Waals surface area contributed by atoms with E-state index < -0.39 is 0 Å². The second-order valence-corrected chi connectivity index (χ2v) is 4.68. The third-order valence-electron chi connectivity index (χ3n) is 3.35. The molecule has 2 rings (SSSR count). The van der Waals surface area contributed by atoms with Crippen molar-refractivity contribution in [1.29, 1.82) is 5.41 Å². The fraction of sp³-hybridized carbons (Fsp3) is 0.400. The van der Waals surface area contributed by atoms with Gasteiger partial charge in [-0.2, -0.15) is 0 Å². The van der Waals surface area contributed by atoms with Gasteiger partial charge < -0.3 is 10.3 Å². The molecular formula is C15H20N2. The van der Waals surface area contributed by atoms with Crippen molar-refractivity contribution in [2.75, 3.05) is 18.0 Å². The molecule has 2 heteroatoms. The number of anilines is 1. The fourth-order valence-electron chi connectivity index (χ4n) is 2.28. The highest BCUT2D eigenvalue weighted by molar-refractivity contribution is 5.79. The molecule has 1 aliphatic heterocycles. The highest BCUT2D eigenvalue weighted by Crippen LogP contribution is 2.21. The quantitative estimate of drug-likeness (QED) is 0.607. The van der Waals surface area contributed by atoms with Crippen LogP contribution in [0.4, 0.5) is 5.69 Å². The molecule has 1 heterocycles. The van der Waals surface area contributed by atoms with Crippen molar-refractivity contribution in [2.45, 2.75) is 25.7 Å². The molecule has 0 aliphatic carbocycles. The molecule has 0 spiro atoms. The third-order valence-corrected chi connectivity index (χ3v) is 3.35. The van der Waals surface area contributed by atoms with Gasteiger partial charge in [-0.25, -0.2) is 0 Å². The standard InChI is InChI=1S/C15H20N2/c1-13-5-2-3-9-17(10-8-13)15-7-4-6-14(11-15)12-16/h4,6-7,11-12,16H,1-3,5,8-10H2. The molecule has 0 saturated carbocycles. The van der Waals surface area contributed by atoms with Crippen LogP contribution in [-0.4, -0.2) is 19.3 Å². The predicted molar refractivity (Wildman–Crippen MR) is 74.1 cm³/mol. The molecule has 1 aromatic rings. The monoisotopic (exact) mass is 228 g/mol. The average Bonchev–Trinajstić information content (AvgIpc) is 2.34. The van der Waals surface area contributed by atoms with Gasteiger partial charge in [-0.1, -0.05) is 24.3 Å². The first-order valence-electron chi connectivity index (χ1n) is 6.32. The second-order valence-electron chi connectivity index (χ2n) is 4.68. The number of nitrogens with one attached hydrogen (secondary N) is 1. The molecule has 0 atom stereocenters. The lowest BCUT2D eigenvalue weighted by atomic mass is 10.0. The fourth-order valence-corrected chi connectivity index (χ4v) is 2.28. The van der Waals surface area contributed by atoms with E-state index in [0.717, 1.165) is 25.1 Å². The zero-order valence-corrected chi connectivity index (χ0v) is 10.3. The summed E-state index contributed by atoms with van der Waals surface area (Å²) in [6, 6.07) is 8.23. The molecule has 2 nitrogen and oxygen atoms in total. The molecule has 0 aromatic heterocycles. The lowest BCUT2D eigenvalue weighted by Crippen LogP contribution is -2.27. The minimum absolute atomic E-state index is 0.975. The smallest absolute Gasteiger partial charge is 0.0372 e. The number of nitrogens with zero attached hydrogens (tertiary/aromatic N) is 1.